The Morgan fingerprint density at radius 3 is 2.79 bits per heavy atom. The molecule has 6 heteroatoms. The van der Waals surface area contributed by atoms with Gasteiger partial charge in [0.05, 0.1) is 12.1 Å². The molecule has 3 N–H and O–H groups in total. The van der Waals surface area contributed by atoms with Crippen LogP contribution >= 0.6 is 0 Å². The van der Waals surface area contributed by atoms with Crippen molar-refractivity contribution in [3.8, 4) is 0 Å². The van der Waals surface area contributed by atoms with E-state index in [4.69, 9.17) is 10.8 Å². The van der Waals surface area contributed by atoms with E-state index >= 15 is 0 Å². The number of rotatable bonds is 4. The predicted octanol–water partition coefficient (Wildman–Crippen LogP) is 0.666. The zero-order chi connectivity index (χ0) is 13.8. The molecule has 1 heterocycles. The van der Waals surface area contributed by atoms with Crippen LogP contribution in [0.3, 0.4) is 0 Å². The topological polar surface area (TPSA) is 92.3 Å². The van der Waals surface area contributed by atoms with Crippen LogP contribution < -0.4 is 5.73 Å². The Hall–Kier alpha value is -2.21. The summed E-state index contributed by atoms with van der Waals surface area (Å²) in [7, 11) is 0. The summed E-state index contributed by atoms with van der Waals surface area (Å²) in [6.45, 7) is 2.53. The standard InChI is InChI=1S/C13H16N4O2/c1-2-17(7-8-18)12(19)11-9-5-3-4-6-10(9)15-13(14)16-11/h3-6,18H,2,7-8H2,1H3,(H2,14,15,16). The molecule has 0 fully saturated rings. The van der Waals surface area contributed by atoms with Crippen LogP contribution in [0.1, 0.15) is 17.4 Å². The van der Waals surface area contributed by atoms with E-state index in [9.17, 15) is 4.79 Å². The lowest BCUT2D eigenvalue weighted by molar-refractivity contribution is 0.0728. The van der Waals surface area contributed by atoms with Crippen LogP contribution in [0.25, 0.3) is 10.9 Å². The summed E-state index contributed by atoms with van der Waals surface area (Å²) < 4.78 is 0. The van der Waals surface area contributed by atoms with Crippen molar-refractivity contribution in [2.24, 2.45) is 0 Å². The fourth-order valence-corrected chi connectivity index (χ4v) is 1.93. The number of nitrogen functional groups attached to an aromatic ring is 1. The van der Waals surface area contributed by atoms with E-state index in [0.717, 1.165) is 0 Å². The van der Waals surface area contributed by atoms with Gasteiger partial charge in [0.1, 0.15) is 5.69 Å². The van der Waals surface area contributed by atoms with Crippen LogP contribution in [0.15, 0.2) is 24.3 Å². The highest BCUT2D eigenvalue weighted by Gasteiger charge is 2.19. The third-order valence-corrected chi connectivity index (χ3v) is 2.86. The summed E-state index contributed by atoms with van der Waals surface area (Å²) in [6, 6.07) is 7.22. The van der Waals surface area contributed by atoms with E-state index < -0.39 is 0 Å². The van der Waals surface area contributed by atoms with Crippen LogP contribution in [0, 0.1) is 0 Å². The predicted molar refractivity (Wildman–Crippen MR) is 72.6 cm³/mol. The number of aliphatic hydroxyl groups excluding tert-OH is 1. The third kappa shape index (κ3) is 2.63. The maximum atomic E-state index is 12.4. The van der Waals surface area contributed by atoms with Crippen LogP contribution in [-0.4, -0.2) is 45.6 Å². The van der Waals surface area contributed by atoms with Gasteiger partial charge in [0.2, 0.25) is 5.95 Å². The molecule has 0 saturated heterocycles. The number of hydrogen-bond donors (Lipinski definition) is 2. The highest BCUT2D eigenvalue weighted by Crippen LogP contribution is 2.17. The summed E-state index contributed by atoms with van der Waals surface area (Å²) in [6.07, 6.45) is 0. The van der Waals surface area contributed by atoms with Gasteiger partial charge in [-0.25, -0.2) is 9.97 Å². The molecule has 0 aliphatic rings. The number of aromatic nitrogens is 2. The number of nitrogens with two attached hydrogens (primary N) is 1. The third-order valence-electron chi connectivity index (χ3n) is 2.86. The number of carbonyl (C=O) groups is 1. The van der Waals surface area contributed by atoms with Gasteiger partial charge in [-0.1, -0.05) is 18.2 Å². The monoisotopic (exact) mass is 260 g/mol. The maximum Gasteiger partial charge on any atom is 0.273 e. The van der Waals surface area contributed by atoms with Crippen molar-refractivity contribution in [2.75, 3.05) is 25.4 Å². The molecule has 6 nitrogen and oxygen atoms in total. The Kier molecular flexibility index (Phi) is 3.91. The fourth-order valence-electron chi connectivity index (χ4n) is 1.93. The lowest BCUT2D eigenvalue weighted by Gasteiger charge is -2.19. The maximum absolute atomic E-state index is 12.4. The molecule has 0 aliphatic carbocycles. The van der Waals surface area contributed by atoms with Gasteiger partial charge in [0, 0.05) is 18.5 Å². The summed E-state index contributed by atoms with van der Waals surface area (Å²) >= 11 is 0. The highest BCUT2D eigenvalue weighted by atomic mass is 16.3. The lowest BCUT2D eigenvalue weighted by Crippen LogP contribution is -2.34. The number of nitrogens with zero attached hydrogens (tertiary/aromatic N) is 3. The molecule has 1 aromatic heterocycles. The minimum Gasteiger partial charge on any atom is -0.395 e. The molecule has 100 valence electrons. The Balaban J connectivity index is 2.52. The average Bonchev–Trinajstić information content (AvgIpc) is 2.43. The average molecular weight is 260 g/mol. The Morgan fingerprint density at radius 2 is 2.11 bits per heavy atom. The zero-order valence-electron chi connectivity index (χ0n) is 10.7. The Labute approximate surface area is 110 Å². The largest absolute Gasteiger partial charge is 0.395 e. The molecule has 0 radical (unpaired) electrons. The minimum atomic E-state index is -0.248. The molecule has 0 unspecified atom stereocenters. The number of hydrogen-bond acceptors (Lipinski definition) is 5. The van der Waals surface area contributed by atoms with E-state index in [-0.39, 0.29) is 30.7 Å². The first kappa shape index (κ1) is 13.2. The molecular weight excluding hydrogens is 244 g/mol. The summed E-state index contributed by atoms with van der Waals surface area (Å²) in [5, 5.41) is 9.65. The molecule has 19 heavy (non-hydrogen) atoms. The number of aliphatic hydroxyl groups is 1. The van der Waals surface area contributed by atoms with Crippen molar-refractivity contribution in [3.63, 3.8) is 0 Å². The van der Waals surface area contributed by atoms with Gasteiger partial charge < -0.3 is 15.7 Å². The summed E-state index contributed by atoms with van der Waals surface area (Å²) in [4.78, 5) is 22.1. The van der Waals surface area contributed by atoms with Crippen molar-refractivity contribution in [2.45, 2.75) is 6.92 Å². The van der Waals surface area contributed by atoms with Gasteiger partial charge >= 0.3 is 0 Å². The second kappa shape index (κ2) is 5.62. The minimum absolute atomic E-state index is 0.0714. The normalized spacial score (nSPS) is 10.6. The number of para-hydroxylation sites is 1. The number of amides is 1. The molecule has 0 aliphatic heterocycles. The second-order valence-electron chi connectivity index (χ2n) is 4.06. The lowest BCUT2D eigenvalue weighted by atomic mass is 10.1. The quantitative estimate of drug-likeness (QED) is 0.842. The number of carbonyl (C=O) groups excluding carboxylic acids is 1. The van der Waals surface area contributed by atoms with Crippen LogP contribution in [0.4, 0.5) is 5.95 Å². The summed E-state index contributed by atoms with van der Waals surface area (Å²) in [5.74, 6) is -0.177. The van der Waals surface area contributed by atoms with Crippen LogP contribution in [0.2, 0.25) is 0 Å². The highest BCUT2D eigenvalue weighted by molar-refractivity contribution is 6.04. The Morgan fingerprint density at radius 1 is 1.37 bits per heavy atom. The van der Waals surface area contributed by atoms with Gasteiger partial charge in [-0.05, 0) is 13.0 Å². The van der Waals surface area contributed by atoms with Gasteiger partial charge in [-0.15, -0.1) is 0 Å². The smallest absolute Gasteiger partial charge is 0.273 e. The van der Waals surface area contributed by atoms with E-state index in [2.05, 4.69) is 9.97 Å². The second-order valence-corrected chi connectivity index (χ2v) is 4.06. The zero-order valence-corrected chi connectivity index (χ0v) is 10.7. The van der Waals surface area contributed by atoms with E-state index in [1.165, 1.54) is 4.90 Å². The fraction of sp³-hybridized carbons (Fsp3) is 0.308. The van der Waals surface area contributed by atoms with E-state index in [1.54, 1.807) is 12.1 Å². The van der Waals surface area contributed by atoms with E-state index in [0.29, 0.717) is 17.4 Å². The van der Waals surface area contributed by atoms with Crippen LogP contribution in [0.5, 0.6) is 0 Å². The van der Waals surface area contributed by atoms with E-state index in [1.807, 2.05) is 19.1 Å². The number of benzene rings is 1. The molecule has 2 rings (SSSR count). The summed E-state index contributed by atoms with van der Waals surface area (Å²) in [5.41, 5.74) is 6.55. The van der Waals surface area contributed by atoms with Crippen molar-refractivity contribution in [1.82, 2.24) is 14.9 Å². The molecular formula is C13H16N4O2. The molecule has 0 spiro atoms. The van der Waals surface area contributed by atoms with Gasteiger partial charge in [0.25, 0.3) is 5.91 Å². The first-order valence-corrected chi connectivity index (χ1v) is 6.09. The molecule has 1 aromatic carbocycles. The first-order chi connectivity index (χ1) is 9.17. The molecule has 2 aromatic rings. The van der Waals surface area contributed by atoms with Gasteiger partial charge in [0.15, 0.2) is 0 Å². The molecule has 0 saturated carbocycles. The van der Waals surface area contributed by atoms with Gasteiger partial charge in [-0.3, -0.25) is 4.79 Å². The van der Waals surface area contributed by atoms with Crippen molar-refractivity contribution >= 4 is 22.8 Å². The number of likely N-dealkylation sites (N-methyl/N-ethyl adjacent to an activating group) is 1. The molecule has 0 bridgehead atoms. The van der Waals surface area contributed by atoms with Crippen LogP contribution in [-0.2, 0) is 0 Å². The number of fused-ring (bicyclic) bond motifs is 1. The molecule has 0 atom stereocenters. The van der Waals surface area contributed by atoms with Crippen molar-refractivity contribution < 1.29 is 9.90 Å². The SMILES string of the molecule is CCN(CCO)C(=O)c1nc(N)nc2ccccc12. The van der Waals surface area contributed by atoms with Crippen molar-refractivity contribution in [1.29, 1.82) is 0 Å². The first-order valence-electron chi connectivity index (χ1n) is 6.09. The molecule has 1 amide bonds. The number of anilines is 1. The van der Waals surface area contributed by atoms with Gasteiger partial charge in [-0.2, -0.15) is 0 Å². The Bertz CT molecular complexity index is 600. The van der Waals surface area contributed by atoms with Crippen molar-refractivity contribution in [3.05, 3.63) is 30.0 Å².